The molecule has 0 aliphatic carbocycles. The van der Waals surface area contributed by atoms with Gasteiger partial charge in [-0.25, -0.2) is 4.79 Å². The molecule has 0 atom stereocenters. The molecule has 0 aromatic heterocycles. The van der Waals surface area contributed by atoms with Crippen LogP contribution in [0.3, 0.4) is 0 Å². The van der Waals surface area contributed by atoms with Gasteiger partial charge < -0.3 is 10.2 Å². The van der Waals surface area contributed by atoms with Crippen molar-refractivity contribution in [3.8, 4) is 0 Å². The standard InChI is InChI=1S/C14H10.CH2O3/c1-3-7-13-11(5-1)9-10-12-6-2-4-8-14(12)13;2-1(3)4/h1-10H;(H2,2,3,4). The molecule has 3 heteroatoms. The second-order valence-electron chi connectivity index (χ2n) is 3.79. The lowest BCUT2D eigenvalue weighted by molar-refractivity contribution is 0.137. The average Bonchev–Trinajstić information content (AvgIpc) is 2.38. The summed E-state index contributed by atoms with van der Waals surface area (Å²) in [4.78, 5) is 8.56. The van der Waals surface area contributed by atoms with Gasteiger partial charge in [0.2, 0.25) is 0 Å². The zero-order valence-electron chi connectivity index (χ0n) is 9.58. The van der Waals surface area contributed by atoms with E-state index in [0.29, 0.717) is 0 Å². The van der Waals surface area contributed by atoms with Crippen molar-refractivity contribution in [1.29, 1.82) is 0 Å². The SMILES string of the molecule is O=C(O)O.c1ccc2c(c1)ccc1ccccc12. The Labute approximate surface area is 104 Å². The Bertz CT molecular complexity index is 630. The quantitative estimate of drug-likeness (QED) is 0.578. The fourth-order valence-electron chi connectivity index (χ4n) is 1.95. The Morgan fingerprint density at radius 3 is 1.39 bits per heavy atom. The summed E-state index contributed by atoms with van der Waals surface area (Å²) in [7, 11) is 0. The van der Waals surface area contributed by atoms with Crippen LogP contribution in [0.25, 0.3) is 21.5 Å². The van der Waals surface area contributed by atoms with E-state index in [1.165, 1.54) is 21.5 Å². The van der Waals surface area contributed by atoms with Crippen molar-refractivity contribution < 1.29 is 15.0 Å². The van der Waals surface area contributed by atoms with Crippen molar-refractivity contribution in [3.63, 3.8) is 0 Å². The van der Waals surface area contributed by atoms with E-state index < -0.39 is 6.16 Å². The van der Waals surface area contributed by atoms with E-state index in [4.69, 9.17) is 15.0 Å². The van der Waals surface area contributed by atoms with Crippen LogP contribution in [-0.4, -0.2) is 16.4 Å². The molecular formula is C15H12O3. The number of benzene rings is 3. The summed E-state index contributed by atoms with van der Waals surface area (Å²) >= 11 is 0. The van der Waals surface area contributed by atoms with E-state index in [1.54, 1.807) is 0 Å². The molecule has 0 fully saturated rings. The van der Waals surface area contributed by atoms with Crippen LogP contribution in [0.2, 0.25) is 0 Å². The predicted molar refractivity (Wildman–Crippen MR) is 72.1 cm³/mol. The minimum atomic E-state index is -1.83. The number of hydrogen-bond acceptors (Lipinski definition) is 1. The molecule has 3 aromatic carbocycles. The maximum Gasteiger partial charge on any atom is 0.503 e. The van der Waals surface area contributed by atoms with E-state index in [1.807, 2.05) is 0 Å². The van der Waals surface area contributed by atoms with Crippen LogP contribution < -0.4 is 0 Å². The van der Waals surface area contributed by atoms with Crippen molar-refractivity contribution in [1.82, 2.24) is 0 Å². The van der Waals surface area contributed by atoms with Crippen LogP contribution in [-0.2, 0) is 0 Å². The number of carboxylic acid groups (broad SMARTS) is 2. The third-order valence-corrected chi connectivity index (χ3v) is 2.65. The van der Waals surface area contributed by atoms with E-state index in [9.17, 15) is 0 Å². The molecule has 0 amide bonds. The first-order valence-electron chi connectivity index (χ1n) is 5.47. The summed E-state index contributed by atoms with van der Waals surface area (Å²) in [5.74, 6) is 0. The van der Waals surface area contributed by atoms with Gasteiger partial charge in [0.25, 0.3) is 0 Å². The predicted octanol–water partition coefficient (Wildman–Crippen LogP) is 4.22. The van der Waals surface area contributed by atoms with Gasteiger partial charge in [0.1, 0.15) is 0 Å². The molecule has 3 nitrogen and oxygen atoms in total. The molecular weight excluding hydrogens is 228 g/mol. The largest absolute Gasteiger partial charge is 0.503 e. The molecule has 3 rings (SSSR count). The Balaban J connectivity index is 0.000000267. The van der Waals surface area contributed by atoms with Gasteiger partial charge in [-0.2, -0.15) is 0 Å². The molecule has 0 spiro atoms. The molecule has 0 unspecified atom stereocenters. The maximum absolute atomic E-state index is 8.56. The van der Waals surface area contributed by atoms with E-state index in [2.05, 4.69) is 60.7 Å². The lowest BCUT2D eigenvalue weighted by Crippen LogP contribution is -1.81. The highest BCUT2D eigenvalue weighted by Gasteiger charge is 1.97. The van der Waals surface area contributed by atoms with Crippen LogP contribution in [0.4, 0.5) is 4.79 Å². The monoisotopic (exact) mass is 240 g/mol. The van der Waals surface area contributed by atoms with E-state index in [-0.39, 0.29) is 0 Å². The summed E-state index contributed by atoms with van der Waals surface area (Å²) in [6.07, 6.45) is -1.83. The molecule has 0 bridgehead atoms. The van der Waals surface area contributed by atoms with Gasteiger partial charge in [-0.15, -0.1) is 0 Å². The van der Waals surface area contributed by atoms with E-state index in [0.717, 1.165) is 0 Å². The summed E-state index contributed by atoms with van der Waals surface area (Å²) < 4.78 is 0. The second-order valence-corrected chi connectivity index (χ2v) is 3.79. The maximum atomic E-state index is 8.56. The smallest absolute Gasteiger partial charge is 0.450 e. The first kappa shape index (κ1) is 11.9. The van der Waals surface area contributed by atoms with Gasteiger partial charge in [-0.1, -0.05) is 60.7 Å². The highest BCUT2D eigenvalue weighted by Crippen LogP contribution is 2.24. The number of fused-ring (bicyclic) bond motifs is 3. The fraction of sp³-hybridized carbons (Fsp3) is 0. The Morgan fingerprint density at radius 1 is 0.667 bits per heavy atom. The molecule has 0 saturated carbocycles. The van der Waals surface area contributed by atoms with Gasteiger partial charge in [0, 0.05) is 0 Å². The van der Waals surface area contributed by atoms with Crippen molar-refractivity contribution in [2.75, 3.05) is 0 Å². The van der Waals surface area contributed by atoms with Gasteiger partial charge >= 0.3 is 6.16 Å². The van der Waals surface area contributed by atoms with Crippen LogP contribution >= 0.6 is 0 Å². The summed E-state index contributed by atoms with van der Waals surface area (Å²) in [5.41, 5.74) is 0. The average molecular weight is 240 g/mol. The van der Waals surface area contributed by atoms with Crippen LogP contribution in [0.1, 0.15) is 0 Å². The summed E-state index contributed by atoms with van der Waals surface area (Å²) in [6.45, 7) is 0. The topological polar surface area (TPSA) is 57.5 Å². The van der Waals surface area contributed by atoms with E-state index >= 15 is 0 Å². The van der Waals surface area contributed by atoms with Crippen molar-refractivity contribution in [3.05, 3.63) is 60.7 Å². The molecule has 0 aliphatic heterocycles. The first-order chi connectivity index (χ1) is 8.68. The molecule has 0 aliphatic rings. The number of rotatable bonds is 0. The molecule has 3 aromatic rings. The lowest BCUT2D eigenvalue weighted by Gasteiger charge is -2.02. The molecule has 90 valence electrons. The Morgan fingerprint density at radius 2 is 1.00 bits per heavy atom. The van der Waals surface area contributed by atoms with Crippen LogP contribution in [0.15, 0.2) is 60.7 Å². The van der Waals surface area contributed by atoms with Crippen molar-refractivity contribution in [2.24, 2.45) is 0 Å². The minimum Gasteiger partial charge on any atom is -0.450 e. The number of hydrogen-bond donors (Lipinski definition) is 2. The third-order valence-electron chi connectivity index (χ3n) is 2.65. The fourth-order valence-corrected chi connectivity index (χ4v) is 1.95. The zero-order valence-corrected chi connectivity index (χ0v) is 9.58. The lowest BCUT2D eigenvalue weighted by atomic mass is 10.0. The molecule has 0 saturated heterocycles. The van der Waals surface area contributed by atoms with Gasteiger partial charge in [0.05, 0.1) is 0 Å². The molecule has 0 heterocycles. The van der Waals surface area contributed by atoms with Gasteiger partial charge in [-0.3, -0.25) is 0 Å². The number of carbonyl (C=O) groups is 1. The Kier molecular flexibility index (Phi) is 3.44. The third kappa shape index (κ3) is 2.58. The van der Waals surface area contributed by atoms with Gasteiger partial charge in [0.15, 0.2) is 0 Å². The highest BCUT2D eigenvalue weighted by atomic mass is 16.6. The summed E-state index contributed by atoms with van der Waals surface area (Å²) in [6, 6.07) is 21.4. The molecule has 0 radical (unpaired) electrons. The summed E-state index contributed by atoms with van der Waals surface area (Å²) in [5, 5.41) is 19.2. The normalized spacial score (nSPS) is 9.78. The highest BCUT2D eigenvalue weighted by molar-refractivity contribution is 6.07. The minimum absolute atomic E-state index is 1.31. The van der Waals surface area contributed by atoms with Gasteiger partial charge in [-0.05, 0) is 21.5 Å². The molecule has 18 heavy (non-hydrogen) atoms. The van der Waals surface area contributed by atoms with Crippen LogP contribution in [0.5, 0.6) is 0 Å². The van der Waals surface area contributed by atoms with Crippen molar-refractivity contribution >= 4 is 27.7 Å². The first-order valence-corrected chi connectivity index (χ1v) is 5.47. The van der Waals surface area contributed by atoms with Crippen LogP contribution in [0, 0.1) is 0 Å². The second kappa shape index (κ2) is 5.19. The Hall–Kier alpha value is -2.55. The van der Waals surface area contributed by atoms with Crippen molar-refractivity contribution in [2.45, 2.75) is 0 Å². The molecule has 2 N–H and O–H groups in total. The zero-order chi connectivity index (χ0) is 13.0.